The summed E-state index contributed by atoms with van der Waals surface area (Å²) in [5.41, 5.74) is 52.2. The largest absolute Gasteiger partial charge is 0.456 e. The molecule has 3 heteroatoms. The normalized spacial score (nSPS) is 15.3. The fraction of sp³-hybridized carbons (Fsp3) is 0.342. The van der Waals surface area contributed by atoms with Crippen molar-refractivity contribution in [3.05, 3.63) is 398 Å². The lowest BCUT2D eigenvalue weighted by Gasteiger charge is -2.40. The topological polar surface area (TPSA) is 29.5 Å². The molecule has 3 nitrogen and oxygen atoms in total. The first-order valence-corrected chi connectivity index (χ1v) is 58.7. The van der Waals surface area contributed by atoms with Gasteiger partial charge in [0.15, 0.2) is 0 Å². The van der Waals surface area contributed by atoms with E-state index in [1.165, 1.54) is 381 Å². The SMILES string of the molecule is CCCCCCCC1(CCCCCCC)c2ccccc2-c2ccc(-c3ccc4c(c3)C(C)(C)c3cc(N(c5ccc6c(c5)C(CCCCCCC)(CCCCCCC)c5c7c(c8oc9ccccc9c8c5-6)-c5ccccc5C7(CCCCCCC)CCCCCCC)c5ccc6c(c5)C5(c7ccccc7-c7ccccc75)c5cc7c(cc5-6)C5(c6ccccc6-c6ccccc65)c5ccc6oc8ccccc8c6c5-7)ccc3-4)cc21. The summed E-state index contributed by atoms with van der Waals surface area (Å²) in [5, 5.41) is 4.90. The molecule has 0 saturated carbocycles. The van der Waals surface area contributed by atoms with E-state index in [2.05, 4.69) is 370 Å². The average Bonchev–Trinajstić information content (AvgIpc) is 1.48. The molecular weight excluding hydrogens is 1800 g/mol. The standard InChI is InChI=1S/C146H147NO2/c1-9-15-21-27-49-83-142(84-50-28-22-16-10-2)116-63-41-33-55-101(116)108-77-72-97(90-125(108)142)96-71-76-106-107-78-73-98(91-124(107)141(7,8)123(106)89-96)147(99-75-80-111-126(92-99)144(87-53-31-25-19-13-5,88-54-32-26-20-14-6)138-135(111)136-113-62-40-48-70-131(113)149-140(136)137-110-60-38-42-64-117(110)143(139(137)138,85-51-29-23-17-11-3)86-52-30-24-18-12-4)100-74-79-109-114-94-129-115(95-128(114)146(127(109)93-100)120-67-45-36-58-104(120)105-59-37-46-68-121(105)146)133-122(81-82-132-134(133)112-61-39-47-69-130(112)148-132)145(129)118-65-43-34-56-102(118)103-57-35-44-66-119(103)145/h33-48,55-82,89-95H,9-32,49-54,83-88H2,1-8H3. The van der Waals surface area contributed by atoms with E-state index in [0.29, 0.717) is 0 Å². The van der Waals surface area contributed by atoms with Crippen molar-refractivity contribution < 1.29 is 8.83 Å². The van der Waals surface area contributed by atoms with E-state index in [4.69, 9.17) is 8.83 Å². The molecule has 2 heterocycles. The molecule has 0 bridgehead atoms. The minimum atomic E-state index is -0.756. The summed E-state index contributed by atoms with van der Waals surface area (Å²) in [6.07, 6.45) is 44.4. The summed E-state index contributed by atoms with van der Waals surface area (Å²) in [5.74, 6) is 0. The van der Waals surface area contributed by atoms with Crippen LogP contribution in [-0.2, 0) is 32.5 Å². The first-order chi connectivity index (χ1) is 73.4. The van der Waals surface area contributed by atoms with Gasteiger partial charge in [0.05, 0.1) is 10.8 Å². The second-order valence-electron chi connectivity index (χ2n) is 46.9. The number of fused-ring (bicyclic) bond motifs is 42. The highest BCUT2D eigenvalue weighted by Crippen LogP contribution is 2.73. The van der Waals surface area contributed by atoms with Crippen LogP contribution >= 0.6 is 0 Å². The molecule has 8 aliphatic carbocycles. The van der Waals surface area contributed by atoms with E-state index in [-0.39, 0.29) is 21.7 Å². The first kappa shape index (κ1) is 95.5. The van der Waals surface area contributed by atoms with Crippen molar-refractivity contribution in [3.8, 4) is 100 Å². The molecule has 149 heavy (non-hydrogen) atoms. The van der Waals surface area contributed by atoms with Gasteiger partial charge < -0.3 is 13.7 Å². The van der Waals surface area contributed by atoms with Gasteiger partial charge in [-0.2, -0.15) is 0 Å². The number of para-hydroxylation sites is 2. The summed E-state index contributed by atoms with van der Waals surface area (Å²) in [7, 11) is 0. The third kappa shape index (κ3) is 14.5. The van der Waals surface area contributed by atoms with Gasteiger partial charge in [0, 0.05) is 65.8 Å². The number of furan rings is 2. The maximum absolute atomic E-state index is 7.83. The highest BCUT2D eigenvalue weighted by molar-refractivity contribution is 6.22. The molecule has 0 saturated heterocycles. The lowest BCUT2D eigenvalue weighted by atomic mass is 9.62. The Bertz CT molecular complexity index is 8130. The summed E-state index contributed by atoms with van der Waals surface area (Å²) in [4.78, 5) is 2.80. The summed E-state index contributed by atoms with van der Waals surface area (Å²) in [6.45, 7) is 19.4. The molecule has 0 atom stereocenters. The Morgan fingerprint density at radius 3 is 1.01 bits per heavy atom. The minimum Gasteiger partial charge on any atom is -0.456 e. The van der Waals surface area contributed by atoms with Gasteiger partial charge in [0.1, 0.15) is 22.3 Å². The minimum absolute atomic E-state index is 0.0198. The monoisotopic (exact) mass is 1950 g/mol. The highest BCUT2D eigenvalue weighted by Gasteiger charge is 2.60. The molecule has 0 N–H and O–H groups in total. The highest BCUT2D eigenvalue weighted by atomic mass is 16.3. The van der Waals surface area contributed by atoms with E-state index in [0.717, 1.165) is 71.9 Å². The Balaban J connectivity index is 0.714. The van der Waals surface area contributed by atoms with Crippen LogP contribution in [0.4, 0.5) is 17.1 Å². The second kappa shape index (κ2) is 38.7. The molecule has 0 fully saturated rings. The van der Waals surface area contributed by atoms with Crippen LogP contribution in [0.15, 0.2) is 318 Å². The lowest BCUT2D eigenvalue weighted by Crippen LogP contribution is -2.33. The smallest absolute Gasteiger partial charge is 0.144 e. The van der Waals surface area contributed by atoms with E-state index in [1.807, 2.05) is 0 Å². The molecule has 8 aliphatic rings. The van der Waals surface area contributed by atoms with Crippen molar-refractivity contribution in [2.24, 2.45) is 0 Å². The number of rotatable bonds is 40. The molecule has 0 radical (unpaired) electrons. The van der Waals surface area contributed by atoms with Crippen molar-refractivity contribution in [2.75, 3.05) is 4.90 Å². The molecule has 18 aromatic rings. The van der Waals surface area contributed by atoms with Gasteiger partial charge in [-0.15, -0.1) is 0 Å². The molecule has 748 valence electrons. The van der Waals surface area contributed by atoms with Crippen molar-refractivity contribution in [3.63, 3.8) is 0 Å². The van der Waals surface area contributed by atoms with Crippen LogP contribution in [0.25, 0.3) is 144 Å². The van der Waals surface area contributed by atoms with Gasteiger partial charge in [0.2, 0.25) is 0 Å². The van der Waals surface area contributed by atoms with E-state index in [9.17, 15) is 0 Å². The number of anilines is 3. The fourth-order valence-corrected chi connectivity index (χ4v) is 31.6. The third-order valence-corrected chi connectivity index (χ3v) is 38.3. The molecular formula is C146H147NO2. The van der Waals surface area contributed by atoms with Crippen LogP contribution < -0.4 is 4.90 Å². The fourth-order valence-electron chi connectivity index (χ4n) is 31.6. The number of unbranched alkanes of at least 4 members (excludes halogenated alkanes) is 24. The Hall–Kier alpha value is -13.1. The molecule has 0 amide bonds. The van der Waals surface area contributed by atoms with Crippen molar-refractivity contribution in [2.45, 2.75) is 319 Å². The Morgan fingerprint density at radius 1 is 0.201 bits per heavy atom. The van der Waals surface area contributed by atoms with Crippen LogP contribution in [0.1, 0.15) is 376 Å². The second-order valence-corrected chi connectivity index (χ2v) is 46.9. The maximum atomic E-state index is 7.83. The molecule has 0 unspecified atom stereocenters. The van der Waals surface area contributed by atoms with Gasteiger partial charge in [-0.05, 0) is 301 Å². The predicted octanol–water partition coefficient (Wildman–Crippen LogP) is 42.6. The molecule has 2 spiro atoms. The summed E-state index contributed by atoms with van der Waals surface area (Å²) in [6, 6.07) is 125. The van der Waals surface area contributed by atoms with Crippen LogP contribution in [0.3, 0.4) is 0 Å². The van der Waals surface area contributed by atoms with Crippen LogP contribution in [0.5, 0.6) is 0 Å². The molecule has 16 aromatic carbocycles. The van der Waals surface area contributed by atoms with Gasteiger partial charge in [0.25, 0.3) is 0 Å². The van der Waals surface area contributed by atoms with Crippen LogP contribution in [0.2, 0.25) is 0 Å². The van der Waals surface area contributed by atoms with E-state index < -0.39 is 10.8 Å². The Morgan fingerprint density at radius 2 is 0.517 bits per heavy atom. The van der Waals surface area contributed by atoms with Crippen molar-refractivity contribution >= 4 is 60.9 Å². The van der Waals surface area contributed by atoms with E-state index >= 15 is 0 Å². The van der Waals surface area contributed by atoms with Gasteiger partial charge in [-0.3, -0.25) is 0 Å². The lowest BCUT2D eigenvalue weighted by molar-refractivity contribution is 0.369. The summed E-state index contributed by atoms with van der Waals surface area (Å²) >= 11 is 0. The molecule has 26 rings (SSSR count). The Labute approximate surface area is 885 Å². The molecule has 2 aromatic heterocycles. The zero-order valence-corrected chi connectivity index (χ0v) is 89.7. The Kier molecular flexibility index (Phi) is 24.8. The third-order valence-electron chi connectivity index (χ3n) is 38.3. The van der Waals surface area contributed by atoms with Crippen molar-refractivity contribution in [1.29, 1.82) is 0 Å². The number of benzene rings is 16. The number of hydrogen-bond acceptors (Lipinski definition) is 3. The maximum Gasteiger partial charge on any atom is 0.144 e. The van der Waals surface area contributed by atoms with Crippen LogP contribution in [0, 0.1) is 0 Å². The number of nitrogens with zero attached hydrogens (tertiary/aromatic N) is 1. The molecule has 0 aliphatic heterocycles. The van der Waals surface area contributed by atoms with Gasteiger partial charge in [-0.25, -0.2) is 0 Å². The zero-order valence-electron chi connectivity index (χ0n) is 89.7. The van der Waals surface area contributed by atoms with Crippen LogP contribution in [-0.4, -0.2) is 0 Å². The average molecular weight is 1950 g/mol. The quantitative estimate of drug-likeness (QED) is 0.0359. The van der Waals surface area contributed by atoms with E-state index in [1.54, 1.807) is 27.8 Å². The van der Waals surface area contributed by atoms with Gasteiger partial charge >= 0.3 is 0 Å². The first-order valence-electron chi connectivity index (χ1n) is 58.7. The number of hydrogen-bond donors (Lipinski definition) is 0. The predicted molar refractivity (Wildman–Crippen MR) is 630 cm³/mol. The van der Waals surface area contributed by atoms with Crippen molar-refractivity contribution in [1.82, 2.24) is 0 Å². The van der Waals surface area contributed by atoms with Gasteiger partial charge in [-0.1, -0.05) is 479 Å². The summed E-state index contributed by atoms with van der Waals surface area (Å²) < 4.78 is 14.9. The zero-order chi connectivity index (χ0) is 100.